The van der Waals surface area contributed by atoms with Crippen molar-refractivity contribution in [3.8, 4) is 0 Å². The van der Waals surface area contributed by atoms with Gasteiger partial charge in [-0.2, -0.15) is 0 Å². The first-order valence-corrected chi connectivity index (χ1v) is 6.15. The predicted molar refractivity (Wildman–Crippen MR) is 76.1 cm³/mol. The second kappa shape index (κ2) is 7.20. The van der Waals surface area contributed by atoms with E-state index in [0.29, 0.717) is 10.7 Å². The normalized spacial score (nSPS) is 10.2. The zero-order valence-electron chi connectivity index (χ0n) is 10.2. The first-order chi connectivity index (χ1) is 8.15. The second-order valence-electron chi connectivity index (χ2n) is 3.96. The van der Waals surface area contributed by atoms with E-state index in [1.807, 2.05) is 13.1 Å². The number of anilines is 1. The van der Waals surface area contributed by atoms with Crippen LogP contribution in [0.1, 0.15) is 18.4 Å². The molecule has 0 heterocycles. The van der Waals surface area contributed by atoms with Crippen LogP contribution in [-0.2, 0) is 0 Å². The summed E-state index contributed by atoms with van der Waals surface area (Å²) in [6.45, 7) is 5.91. The van der Waals surface area contributed by atoms with Crippen molar-refractivity contribution in [2.75, 3.05) is 25.9 Å². The molecule has 4 heteroatoms. The van der Waals surface area contributed by atoms with Crippen molar-refractivity contribution in [1.82, 2.24) is 10.6 Å². The van der Waals surface area contributed by atoms with Gasteiger partial charge in [-0.1, -0.05) is 18.2 Å². The molecule has 0 saturated carbocycles. The molecule has 0 aliphatic heterocycles. The molecule has 0 spiro atoms. The molecule has 1 aromatic rings. The van der Waals surface area contributed by atoms with Crippen LogP contribution in [0.25, 0.3) is 5.70 Å². The maximum atomic E-state index is 6.09. The van der Waals surface area contributed by atoms with Gasteiger partial charge in [0.25, 0.3) is 0 Å². The molecule has 1 rings (SSSR count). The summed E-state index contributed by atoms with van der Waals surface area (Å²) in [5.74, 6) is 0. The smallest absolute Gasteiger partial charge is 0.0500 e. The van der Waals surface area contributed by atoms with Gasteiger partial charge in [-0.15, -0.1) is 0 Å². The van der Waals surface area contributed by atoms with Gasteiger partial charge in [0.1, 0.15) is 0 Å². The van der Waals surface area contributed by atoms with Crippen molar-refractivity contribution in [1.29, 1.82) is 0 Å². The predicted octanol–water partition coefficient (Wildman–Crippen LogP) is 2.48. The minimum absolute atomic E-state index is 0.673. The number of rotatable bonds is 7. The fourth-order valence-electron chi connectivity index (χ4n) is 1.54. The zero-order valence-corrected chi connectivity index (χ0v) is 11.0. The summed E-state index contributed by atoms with van der Waals surface area (Å²) in [4.78, 5) is 0. The largest absolute Gasteiger partial charge is 0.399 e. The van der Waals surface area contributed by atoms with Crippen LogP contribution in [0.15, 0.2) is 24.8 Å². The van der Waals surface area contributed by atoms with Crippen molar-refractivity contribution < 1.29 is 0 Å². The Bertz CT molecular complexity index is 377. The highest BCUT2D eigenvalue weighted by atomic mass is 35.5. The third-order valence-corrected chi connectivity index (χ3v) is 2.84. The number of unbranched alkanes of at least 4 members (excludes halogenated alkanes) is 1. The molecule has 0 aromatic heterocycles. The van der Waals surface area contributed by atoms with Gasteiger partial charge in [0.05, 0.1) is 0 Å². The minimum Gasteiger partial charge on any atom is -0.399 e. The molecule has 0 fully saturated rings. The summed E-state index contributed by atoms with van der Waals surface area (Å²) in [7, 11) is 1.96. The molecule has 0 radical (unpaired) electrons. The Morgan fingerprint density at radius 3 is 2.76 bits per heavy atom. The fraction of sp³-hybridized carbons (Fsp3) is 0.385. The van der Waals surface area contributed by atoms with Crippen molar-refractivity contribution >= 4 is 23.0 Å². The van der Waals surface area contributed by atoms with E-state index in [2.05, 4.69) is 17.2 Å². The number of nitrogens with two attached hydrogens (primary N) is 1. The lowest BCUT2D eigenvalue weighted by atomic mass is 10.1. The van der Waals surface area contributed by atoms with E-state index >= 15 is 0 Å². The number of benzene rings is 1. The first-order valence-electron chi connectivity index (χ1n) is 5.78. The van der Waals surface area contributed by atoms with E-state index in [1.165, 1.54) is 0 Å². The Labute approximate surface area is 108 Å². The molecule has 0 unspecified atom stereocenters. The summed E-state index contributed by atoms with van der Waals surface area (Å²) >= 11 is 6.09. The molecule has 3 nitrogen and oxygen atoms in total. The third-order valence-electron chi connectivity index (χ3n) is 2.51. The number of nitrogen functional groups attached to an aromatic ring is 1. The zero-order chi connectivity index (χ0) is 12.7. The average molecular weight is 254 g/mol. The van der Waals surface area contributed by atoms with Gasteiger partial charge in [-0.25, -0.2) is 0 Å². The van der Waals surface area contributed by atoms with Crippen LogP contribution in [0.5, 0.6) is 0 Å². The molecular weight excluding hydrogens is 234 g/mol. The van der Waals surface area contributed by atoms with Gasteiger partial charge in [0, 0.05) is 28.5 Å². The number of hydrogen-bond donors (Lipinski definition) is 3. The summed E-state index contributed by atoms with van der Waals surface area (Å²) in [6.07, 6.45) is 2.24. The van der Waals surface area contributed by atoms with Crippen LogP contribution < -0.4 is 16.4 Å². The summed E-state index contributed by atoms with van der Waals surface area (Å²) in [6, 6.07) is 5.41. The number of hydrogen-bond acceptors (Lipinski definition) is 3. The van der Waals surface area contributed by atoms with E-state index in [0.717, 1.165) is 37.2 Å². The van der Waals surface area contributed by atoms with Crippen LogP contribution in [0, 0.1) is 0 Å². The Morgan fingerprint density at radius 1 is 1.35 bits per heavy atom. The highest BCUT2D eigenvalue weighted by Crippen LogP contribution is 2.23. The molecule has 4 N–H and O–H groups in total. The van der Waals surface area contributed by atoms with Crippen LogP contribution in [-0.4, -0.2) is 20.1 Å². The average Bonchev–Trinajstić information content (AvgIpc) is 2.32. The lowest BCUT2D eigenvalue weighted by Gasteiger charge is -2.11. The topological polar surface area (TPSA) is 50.1 Å². The number of nitrogens with one attached hydrogen (secondary N) is 2. The van der Waals surface area contributed by atoms with Gasteiger partial charge in [0.2, 0.25) is 0 Å². The molecule has 0 atom stereocenters. The van der Waals surface area contributed by atoms with Gasteiger partial charge in [-0.05, 0) is 44.6 Å². The van der Waals surface area contributed by atoms with Crippen molar-refractivity contribution in [3.63, 3.8) is 0 Å². The Kier molecular flexibility index (Phi) is 5.87. The van der Waals surface area contributed by atoms with Gasteiger partial charge in [-0.3, -0.25) is 0 Å². The van der Waals surface area contributed by atoms with Crippen LogP contribution >= 0.6 is 11.6 Å². The summed E-state index contributed by atoms with van der Waals surface area (Å²) < 4.78 is 0. The SMILES string of the molecule is C=C(NCCCCNC)c1cc(N)ccc1Cl. The Morgan fingerprint density at radius 2 is 2.06 bits per heavy atom. The third kappa shape index (κ3) is 4.67. The standard InChI is InChI=1S/C13H20ClN3/c1-10(17-8-4-3-7-16-2)12-9-11(15)5-6-13(12)14/h5-6,9,16-17H,1,3-4,7-8,15H2,2H3. The highest BCUT2D eigenvalue weighted by molar-refractivity contribution is 6.32. The molecule has 1 aromatic carbocycles. The van der Waals surface area contributed by atoms with Crippen molar-refractivity contribution in [2.45, 2.75) is 12.8 Å². The molecular formula is C13H20ClN3. The van der Waals surface area contributed by atoms with Gasteiger partial charge in [0.15, 0.2) is 0 Å². The summed E-state index contributed by atoms with van der Waals surface area (Å²) in [5, 5.41) is 7.05. The Balaban J connectivity index is 2.44. The molecule has 0 bridgehead atoms. The van der Waals surface area contributed by atoms with Crippen molar-refractivity contribution in [2.24, 2.45) is 0 Å². The monoisotopic (exact) mass is 253 g/mol. The van der Waals surface area contributed by atoms with Gasteiger partial charge >= 0.3 is 0 Å². The lowest BCUT2D eigenvalue weighted by molar-refractivity contribution is 0.660. The maximum absolute atomic E-state index is 6.09. The van der Waals surface area contributed by atoms with Crippen LogP contribution in [0.4, 0.5) is 5.69 Å². The highest BCUT2D eigenvalue weighted by Gasteiger charge is 2.04. The minimum atomic E-state index is 0.673. The fourth-order valence-corrected chi connectivity index (χ4v) is 1.77. The van der Waals surface area contributed by atoms with E-state index in [9.17, 15) is 0 Å². The quantitative estimate of drug-likeness (QED) is 0.517. The molecule has 94 valence electrons. The number of halogens is 1. The maximum Gasteiger partial charge on any atom is 0.0500 e. The van der Waals surface area contributed by atoms with E-state index < -0.39 is 0 Å². The molecule has 0 amide bonds. The van der Waals surface area contributed by atoms with Crippen LogP contribution in [0.2, 0.25) is 5.02 Å². The lowest BCUT2D eigenvalue weighted by Crippen LogP contribution is -2.15. The summed E-state index contributed by atoms with van der Waals surface area (Å²) in [5.41, 5.74) is 8.12. The molecule has 0 aliphatic carbocycles. The van der Waals surface area contributed by atoms with E-state index in [1.54, 1.807) is 12.1 Å². The first kappa shape index (κ1) is 13.9. The van der Waals surface area contributed by atoms with E-state index in [4.69, 9.17) is 17.3 Å². The molecule has 0 saturated heterocycles. The van der Waals surface area contributed by atoms with Crippen molar-refractivity contribution in [3.05, 3.63) is 35.4 Å². The van der Waals surface area contributed by atoms with Crippen LogP contribution in [0.3, 0.4) is 0 Å². The second-order valence-corrected chi connectivity index (χ2v) is 4.36. The molecule has 17 heavy (non-hydrogen) atoms. The molecule has 0 aliphatic rings. The van der Waals surface area contributed by atoms with Gasteiger partial charge < -0.3 is 16.4 Å². The Hall–Kier alpha value is -1.19. The van der Waals surface area contributed by atoms with E-state index in [-0.39, 0.29) is 0 Å².